The van der Waals surface area contributed by atoms with Gasteiger partial charge in [0.15, 0.2) is 5.11 Å². The molecule has 2 N–H and O–H groups in total. The Morgan fingerprint density at radius 2 is 2.14 bits per heavy atom. The molecule has 1 aliphatic rings. The molecule has 1 aliphatic carbocycles. The van der Waals surface area contributed by atoms with Gasteiger partial charge in [-0.1, -0.05) is 6.42 Å². The third-order valence-corrected chi connectivity index (χ3v) is 6.42. The highest BCUT2D eigenvalue weighted by Crippen LogP contribution is 2.38. The van der Waals surface area contributed by atoms with Gasteiger partial charge in [-0.25, -0.2) is 4.79 Å². The van der Waals surface area contributed by atoms with Crippen LogP contribution in [0.2, 0.25) is 0 Å². The normalized spacial score (nSPS) is 14.7. The Hall–Kier alpha value is -1.93. The van der Waals surface area contributed by atoms with E-state index in [4.69, 9.17) is 17.0 Å². The first-order chi connectivity index (χ1) is 13.4. The van der Waals surface area contributed by atoms with Crippen molar-refractivity contribution in [3.05, 3.63) is 33.5 Å². The summed E-state index contributed by atoms with van der Waals surface area (Å²) in [6.07, 6.45) is 7.40. The summed E-state index contributed by atoms with van der Waals surface area (Å²) in [5.74, 6) is -0.261. The van der Waals surface area contributed by atoms with E-state index in [1.807, 2.05) is 34.0 Å². The fourth-order valence-electron chi connectivity index (χ4n) is 3.71. The van der Waals surface area contributed by atoms with E-state index >= 15 is 0 Å². The van der Waals surface area contributed by atoms with Gasteiger partial charge in [0.05, 0.1) is 23.9 Å². The van der Waals surface area contributed by atoms with E-state index < -0.39 is 0 Å². The summed E-state index contributed by atoms with van der Waals surface area (Å²) in [7, 11) is 1.91. The lowest BCUT2D eigenvalue weighted by Gasteiger charge is -2.17. The molecule has 0 aliphatic heterocycles. The van der Waals surface area contributed by atoms with Gasteiger partial charge in [0.1, 0.15) is 5.00 Å². The van der Waals surface area contributed by atoms with Crippen LogP contribution in [0.4, 0.5) is 5.00 Å². The van der Waals surface area contributed by atoms with Crippen LogP contribution in [0.3, 0.4) is 0 Å². The van der Waals surface area contributed by atoms with Crippen LogP contribution in [0.1, 0.15) is 71.2 Å². The molecule has 0 radical (unpaired) electrons. The minimum atomic E-state index is -0.261. The van der Waals surface area contributed by atoms with Gasteiger partial charge in [0.2, 0.25) is 0 Å². The van der Waals surface area contributed by atoms with Crippen LogP contribution in [0.5, 0.6) is 0 Å². The molecule has 3 rings (SSSR count). The minimum Gasteiger partial charge on any atom is -0.462 e. The summed E-state index contributed by atoms with van der Waals surface area (Å²) in [6.45, 7) is 6.23. The number of rotatable bonds is 5. The van der Waals surface area contributed by atoms with E-state index in [-0.39, 0.29) is 12.0 Å². The topological polar surface area (TPSA) is 68.2 Å². The molecule has 8 heteroatoms. The number of hydrogen-bond donors (Lipinski definition) is 2. The zero-order valence-electron chi connectivity index (χ0n) is 16.9. The predicted molar refractivity (Wildman–Crippen MR) is 117 cm³/mol. The minimum absolute atomic E-state index is 0.0116. The molecule has 2 aromatic rings. The Morgan fingerprint density at radius 1 is 1.39 bits per heavy atom. The van der Waals surface area contributed by atoms with Crippen molar-refractivity contribution in [3.8, 4) is 0 Å². The van der Waals surface area contributed by atoms with Gasteiger partial charge in [0.25, 0.3) is 0 Å². The first kappa shape index (κ1) is 20.8. The summed E-state index contributed by atoms with van der Waals surface area (Å²) in [4.78, 5) is 13.9. The molecule has 28 heavy (non-hydrogen) atoms. The maximum absolute atomic E-state index is 12.7. The summed E-state index contributed by atoms with van der Waals surface area (Å²) in [5.41, 5.74) is 3.88. The third kappa shape index (κ3) is 4.55. The number of ether oxygens (including phenoxy) is 1. The lowest BCUT2D eigenvalue weighted by atomic mass is 10.1. The molecular weight excluding hydrogens is 392 g/mol. The second-order valence-corrected chi connectivity index (χ2v) is 8.67. The van der Waals surface area contributed by atoms with Crippen molar-refractivity contribution in [1.82, 2.24) is 15.1 Å². The van der Waals surface area contributed by atoms with Gasteiger partial charge in [-0.15, -0.1) is 11.3 Å². The molecule has 152 valence electrons. The van der Waals surface area contributed by atoms with Gasteiger partial charge in [0, 0.05) is 23.7 Å². The summed E-state index contributed by atoms with van der Waals surface area (Å²) in [5, 5.41) is 12.3. The Labute approximate surface area is 175 Å². The Morgan fingerprint density at radius 3 is 2.82 bits per heavy atom. The van der Waals surface area contributed by atoms with Crippen LogP contribution in [0, 0.1) is 6.92 Å². The lowest BCUT2D eigenvalue weighted by molar-refractivity contribution is 0.0527. The molecule has 2 aromatic heterocycles. The van der Waals surface area contributed by atoms with Gasteiger partial charge in [-0.2, -0.15) is 5.10 Å². The molecule has 0 spiro atoms. The third-order valence-electron chi connectivity index (χ3n) is 4.99. The second-order valence-electron chi connectivity index (χ2n) is 7.15. The molecular formula is C20H28N4O2S2. The maximum atomic E-state index is 12.7. The zero-order chi connectivity index (χ0) is 20.3. The zero-order valence-corrected chi connectivity index (χ0v) is 18.6. The van der Waals surface area contributed by atoms with Crippen LogP contribution in [-0.2, 0) is 24.6 Å². The Kier molecular flexibility index (Phi) is 6.72. The fraction of sp³-hybridized carbons (Fsp3) is 0.550. The average molecular weight is 421 g/mol. The van der Waals surface area contributed by atoms with Gasteiger partial charge in [-0.05, 0) is 64.2 Å². The molecule has 0 bridgehead atoms. The summed E-state index contributed by atoms with van der Waals surface area (Å²) in [6, 6.07) is 0.0116. The number of anilines is 1. The Bertz CT molecular complexity index is 872. The molecule has 1 atom stereocenters. The number of aromatic nitrogens is 2. The van der Waals surface area contributed by atoms with E-state index in [1.165, 1.54) is 11.3 Å². The number of thiophene rings is 1. The fourth-order valence-corrected chi connectivity index (χ4v) is 5.33. The average Bonchev–Trinajstić information content (AvgIpc) is 3.04. The predicted octanol–water partition coefficient (Wildman–Crippen LogP) is 4.28. The molecule has 6 nitrogen and oxygen atoms in total. The van der Waals surface area contributed by atoms with Crippen molar-refractivity contribution < 1.29 is 9.53 Å². The molecule has 0 saturated heterocycles. The van der Waals surface area contributed by atoms with E-state index in [2.05, 4.69) is 15.7 Å². The highest BCUT2D eigenvalue weighted by molar-refractivity contribution is 7.80. The summed E-state index contributed by atoms with van der Waals surface area (Å²) < 4.78 is 7.14. The van der Waals surface area contributed by atoms with Crippen LogP contribution in [0.25, 0.3) is 0 Å². The van der Waals surface area contributed by atoms with Crippen LogP contribution < -0.4 is 10.6 Å². The van der Waals surface area contributed by atoms with E-state index in [9.17, 15) is 4.79 Å². The van der Waals surface area contributed by atoms with Crippen molar-refractivity contribution in [2.24, 2.45) is 7.05 Å². The Balaban J connectivity index is 1.79. The number of esters is 1. The van der Waals surface area contributed by atoms with E-state index in [0.717, 1.165) is 47.5 Å². The summed E-state index contributed by atoms with van der Waals surface area (Å²) >= 11 is 7.18. The highest BCUT2D eigenvalue weighted by Gasteiger charge is 2.26. The quantitative estimate of drug-likeness (QED) is 0.427. The van der Waals surface area contributed by atoms with Crippen molar-refractivity contribution in [1.29, 1.82) is 0 Å². The number of nitrogens with zero attached hydrogens (tertiary/aromatic N) is 2. The lowest BCUT2D eigenvalue weighted by Crippen LogP contribution is -2.31. The number of thiocarbonyl (C=S) groups is 1. The standard InChI is InChI=1S/C20H28N4O2S2/c1-5-26-19(25)17-14-9-7-6-8-10-16(14)28-18(17)22-20(27)21-12(2)15-11-24(4)23-13(15)3/h11-12H,5-10H2,1-4H3,(H2,21,22,27). The van der Waals surface area contributed by atoms with Crippen molar-refractivity contribution in [3.63, 3.8) is 0 Å². The number of carbonyl (C=O) groups excluding carboxylic acids is 1. The van der Waals surface area contributed by atoms with Gasteiger partial charge >= 0.3 is 5.97 Å². The molecule has 1 unspecified atom stereocenters. The van der Waals surface area contributed by atoms with Gasteiger partial charge in [-0.3, -0.25) is 4.68 Å². The van der Waals surface area contributed by atoms with Crippen molar-refractivity contribution >= 4 is 39.6 Å². The number of fused-ring (bicyclic) bond motifs is 1. The smallest absolute Gasteiger partial charge is 0.341 e. The first-order valence-corrected chi connectivity index (χ1v) is 11.0. The first-order valence-electron chi connectivity index (χ1n) is 9.80. The van der Waals surface area contributed by atoms with Crippen LogP contribution in [-0.4, -0.2) is 27.5 Å². The van der Waals surface area contributed by atoms with E-state index in [0.29, 0.717) is 17.3 Å². The van der Waals surface area contributed by atoms with Crippen LogP contribution in [0.15, 0.2) is 6.20 Å². The SMILES string of the molecule is CCOC(=O)c1c(NC(=S)NC(C)c2cn(C)nc2C)sc2c1CCCCC2. The van der Waals surface area contributed by atoms with Crippen molar-refractivity contribution in [2.45, 2.75) is 58.9 Å². The number of aryl methyl sites for hydroxylation is 3. The molecule has 0 fully saturated rings. The second kappa shape index (κ2) is 9.05. The molecule has 2 heterocycles. The molecule has 0 saturated carbocycles. The number of nitrogens with one attached hydrogen (secondary N) is 2. The molecule has 0 amide bonds. The van der Waals surface area contributed by atoms with E-state index in [1.54, 1.807) is 16.0 Å². The van der Waals surface area contributed by atoms with Crippen LogP contribution >= 0.6 is 23.6 Å². The van der Waals surface area contributed by atoms with Crippen molar-refractivity contribution in [2.75, 3.05) is 11.9 Å². The monoisotopic (exact) mass is 420 g/mol. The molecule has 0 aromatic carbocycles. The highest BCUT2D eigenvalue weighted by atomic mass is 32.1. The largest absolute Gasteiger partial charge is 0.462 e. The maximum Gasteiger partial charge on any atom is 0.341 e. The number of hydrogen-bond acceptors (Lipinski definition) is 5. The number of carbonyl (C=O) groups is 1. The van der Waals surface area contributed by atoms with Gasteiger partial charge < -0.3 is 15.4 Å².